The van der Waals surface area contributed by atoms with Crippen LogP contribution in [0.1, 0.15) is 34.7 Å². The third kappa shape index (κ3) is 6.74. The molecule has 1 amide bonds. The fourth-order valence-electron chi connectivity index (χ4n) is 2.88. The Bertz CT molecular complexity index is 941. The normalized spacial score (nSPS) is 11.3. The minimum absolute atomic E-state index is 0.193. The molecule has 0 bridgehead atoms. The minimum Gasteiger partial charge on any atom is -0.489 e. The first kappa shape index (κ1) is 23.7. The van der Waals surface area contributed by atoms with Crippen LogP contribution in [0.2, 0.25) is 0 Å². The number of carbonyl (C=O) groups is 1. The Morgan fingerprint density at radius 3 is 2.58 bits per heavy atom. The average Bonchev–Trinajstić information content (AvgIpc) is 2.78. The third-order valence-corrected chi connectivity index (χ3v) is 4.47. The second kappa shape index (κ2) is 12.2. The minimum atomic E-state index is -0.335. The van der Waals surface area contributed by atoms with Crippen LogP contribution in [0.3, 0.4) is 0 Å². The van der Waals surface area contributed by atoms with Gasteiger partial charge in [0, 0.05) is 12.6 Å². The van der Waals surface area contributed by atoms with Gasteiger partial charge in [-0.15, -0.1) is 0 Å². The largest absolute Gasteiger partial charge is 0.489 e. The van der Waals surface area contributed by atoms with Crippen molar-refractivity contribution in [3.05, 3.63) is 64.2 Å². The molecule has 0 saturated heterocycles. The van der Waals surface area contributed by atoms with Crippen LogP contribution in [-0.2, 0) is 32.4 Å². The van der Waals surface area contributed by atoms with Gasteiger partial charge in [-0.2, -0.15) is 0 Å². The number of rotatable bonds is 11. The molecule has 0 spiro atoms. The number of ether oxygens (including phenoxy) is 2. The summed E-state index contributed by atoms with van der Waals surface area (Å²) in [5, 5.41) is 10.1. The zero-order chi connectivity index (χ0) is 22.6. The van der Waals surface area contributed by atoms with Gasteiger partial charge in [0.15, 0.2) is 5.71 Å². The molecular weight excluding hydrogens is 398 g/mol. The van der Waals surface area contributed by atoms with Gasteiger partial charge in [0.25, 0.3) is 5.91 Å². The lowest BCUT2D eigenvalue weighted by atomic mass is 10.0. The van der Waals surface area contributed by atoms with Crippen LogP contribution in [-0.4, -0.2) is 38.8 Å². The van der Waals surface area contributed by atoms with Gasteiger partial charge in [-0.25, -0.2) is 0 Å². The monoisotopic (exact) mass is 427 g/mol. The van der Waals surface area contributed by atoms with Crippen LogP contribution in [0.4, 0.5) is 0 Å². The summed E-state index contributed by atoms with van der Waals surface area (Å²) < 4.78 is 11.5. The van der Waals surface area contributed by atoms with Gasteiger partial charge >= 0.3 is 0 Å². The second-order valence-electron chi connectivity index (χ2n) is 6.63. The number of hydrogen-bond acceptors (Lipinski definition) is 7. The zero-order valence-electron chi connectivity index (χ0n) is 18.6. The Kier molecular flexibility index (Phi) is 9.35. The van der Waals surface area contributed by atoms with E-state index < -0.39 is 0 Å². The molecule has 0 radical (unpaired) electrons. The number of carbonyl (C=O) groups excluding carboxylic acids is 1. The van der Waals surface area contributed by atoms with E-state index in [2.05, 4.69) is 15.6 Å². The van der Waals surface area contributed by atoms with Gasteiger partial charge in [0.05, 0.1) is 0 Å². The van der Waals surface area contributed by atoms with E-state index in [1.54, 1.807) is 7.05 Å². The number of benzene rings is 2. The Morgan fingerprint density at radius 2 is 1.87 bits per heavy atom. The van der Waals surface area contributed by atoms with Crippen molar-refractivity contribution in [1.82, 2.24) is 5.32 Å². The molecule has 1 N–H and O–H groups in total. The molecule has 2 aromatic rings. The zero-order valence-corrected chi connectivity index (χ0v) is 18.6. The quantitative estimate of drug-likeness (QED) is 0.337. The second-order valence-corrected chi connectivity index (χ2v) is 6.63. The molecule has 0 unspecified atom stereocenters. The van der Waals surface area contributed by atoms with Crippen molar-refractivity contribution in [1.29, 1.82) is 0 Å². The fraction of sp³-hybridized carbons (Fsp3) is 0.348. The van der Waals surface area contributed by atoms with E-state index in [0.717, 1.165) is 28.0 Å². The highest BCUT2D eigenvalue weighted by molar-refractivity contribution is 6.45. The van der Waals surface area contributed by atoms with Crippen LogP contribution < -0.4 is 10.1 Å². The predicted octanol–water partition coefficient (Wildman–Crippen LogP) is 3.48. The third-order valence-electron chi connectivity index (χ3n) is 4.47. The van der Waals surface area contributed by atoms with E-state index in [9.17, 15) is 4.79 Å². The average molecular weight is 428 g/mol. The van der Waals surface area contributed by atoms with Gasteiger partial charge in [-0.3, -0.25) is 4.79 Å². The number of hydrogen-bond donors (Lipinski definition) is 1. The summed E-state index contributed by atoms with van der Waals surface area (Å²) in [4.78, 5) is 21.9. The summed E-state index contributed by atoms with van der Waals surface area (Å²) in [6, 6.07) is 11.4. The molecule has 0 saturated carbocycles. The molecule has 2 rings (SSSR count). The Labute approximate surface area is 182 Å². The molecule has 0 heterocycles. The lowest BCUT2D eigenvalue weighted by Crippen LogP contribution is -2.29. The number of nitrogens with zero attached hydrogens (tertiary/aromatic N) is 2. The molecule has 0 aliphatic heterocycles. The highest BCUT2D eigenvalue weighted by Gasteiger charge is 2.17. The number of likely N-dealkylation sites (N-methyl/N-ethyl adjacent to an activating group) is 1. The highest BCUT2D eigenvalue weighted by Crippen LogP contribution is 2.25. The van der Waals surface area contributed by atoms with Gasteiger partial charge in [-0.05, 0) is 55.2 Å². The summed E-state index contributed by atoms with van der Waals surface area (Å²) >= 11 is 0. The van der Waals surface area contributed by atoms with Crippen molar-refractivity contribution in [2.45, 2.75) is 34.0 Å². The molecule has 0 fully saturated rings. The molecule has 2 aromatic carbocycles. The van der Waals surface area contributed by atoms with Crippen molar-refractivity contribution >= 4 is 18.0 Å². The maximum Gasteiger partial charge on any atom is 0.273 e. The molecule has 0 aromatic heterocycles. The number of oxime groups is 2. The van der Waals surface area contributed by atoms with Gasteiger partial charge in [0.2, 0.25) is 6.40 Å². The van der Waals surface area contributed by atoms with E-state index >= 15 is 0 Å². The van der Waals surface area contributed by atoms with Crippen molar-refractivity contribution in [2.24, 2.45) is 10.3 Å². The summed E-state index contributed by atoms with van der Waals surface area (Å²) in [6.45, 7) is 6.97. The molecule has 31 heavy (non-hydrogen) atoms. The van der Waals surface area contributed by atoms with Gasteiger partial charge in [0.1, 0.15) is 32.7 Å². The van der Waals surface area contributed by atoms with Crippen LogP contribution in [0, 0.1) is 13.8 Å². The van der Waals surface area contributed by atoms with Crippen molar-refractivity contribution < 1.29 is 23.9 Å². The summed E-state index contributed by atoms with van der Waals surface area (Å²) in [5.74, 6) is 0.419. The lowest BCUT2D eigenvalue weighted by molar-refractivity contribution is -0.114. The Balaban J connectivity index is 2.16. The van der Waals surface area contributed by atoms with E-state index in [1.165, 1.54) is 13.5 Å². The number of nitrogens with one attached hydrogen (secondary N) is 1. The Hall–Kier alpha value is -3.55. The van der Waals surface area contributed by atoms with Crippen LogP contribution in [0.5, 0.6) is 5.75 Å². The van der Waals surface area contributed by atoms with Crippen molar-refractivity contribution in [3.8, 4) is 5.75 Å². The molecule has 8 nitrogen and oxygen atoms in total. The molecule has 166 valence electrons. The van der Waals surface area contributed by atoms with E-state index in [-0.39, 0.29) is 18.2 Å². The standard InChI is InChI=1S/C23H29N3O5/c1-6-31-25-15-29-13-19-11-17(3)21(12-16(19)2)30-14-18-9-7-8-10-20(18)22(26-28-5)23(27)24-4/h7-12,15H,6,13-14H2,1-5H3,(H,24,27). The first-order valence-electron chi connectivity index (χ1n) is 9.91. The van der Waals surface area contributed by atoms with Crippen LogP contribution in [0.25, 0.3) is 0 Å². The number of aryl methyl sites for hydroxylation is 2. The summed E-state index contributed by atoms with van der Waals surface area (Å²) in [6.07, 6.45) is 1.30. The summed E-state index contributed by atoms with van der Waals surface area (Å²) in [7, 11) is 2.95. The predicted molar refractivity (Wildman–Crippen MR) is 119 cm³/mol. The topological polar surface area (TPSA) is 90.7 Å². The first-order valence-corrected chi connectivity index (χ1v) is 9.91. The first-order chi connectivity index (χ1) is 15.0. The van der Waals surface area contributed by atoms with Gasteiger partial charge < -0.3 is 24.5 Å². The Morgan fingerprint density at radius 1 is 1.10 bits per heavy atom. The van der Waals surface area contributed by atoms with Crippen LogP contribution >= 0.6 is 0 Å². The highest BCUT2D eigenvalue weighted by atomic mass is 16.6. The molecule has 8 heteroatoms. The van der Waals surface area contributed by atoms with Crippen LogP contribution in [0.15, 0.2) is 46.7 Å². The van der Waals surface area contributed by atoms with Gasteiger partial charge in [-0.1, -0.05) is 34.6 Å². The maximum atomic E-state index is 12.2. The fourth-order valence-corrected chi connectivity index (χ4v) is 2.88. The number of amides is 1. The molecular formula is C23H29N3O5. The maximum absolute atomic E-state index is 12.2. The summed E-state index contributed by atoms with van der Waals surface area (Å²) in [5.41, 5.74) is 4.70. The molecule has 0 atom stereocenters. The molecule has 0 aliphatic carbocycles. The van der Waals surface area contributed by atoms with E-state index in [0.29, 0.717) is 18.8 Å². The van der Waals surface area contributed by atoms with Crippen molar-refractivity contribution in [2.75, 3.05) is 20.8 Å². The lowest BCUT2D eigenvalue weighted by Gasteiger charge is -2.15. The molecule has 0 aliphatic rings. The van der Waals surface area contributed by atoms with E-state index in [4.69, 9.17) is 19.1 Å². The van der Waals surface area contributed by atoms with Crippen molar-refractivity contribution in [3.63, 3.8) is 0 Å². The van der Waals surface area contributed by atoms with E-state index in [1.807, 2.05) is 57.2 Å². The SMILES string of the molecule is CCON=COCc1cc(C)c(OCc2ccccc2C(=NOC)C(=O)NC)cc1C. The smallest absolute Gasteiger partial charge is 0.273 e.